The van der Waals surface area contributed by atoms with Crippen LogP contribution in [0.15, 0.2) is 12.1 Å². The molecule has 0 saturated heterocycles. The minimum atomic E-state index is -4.80. The number of ketones is 1. The van der Waals surface area contributed by atoms with Gasteiger partial charge < -0.3 is 0 Å². The van der Waals surface area contributed by atoms with Gasteiger partial charge >= 0.3 is 6.18 Å². The van der Waals surface area contributed by atoms with E-state index in [1.54, 1.807) is 0 Å². The van der Waals surface area contributed by atoms with Crippen molar-refractivity contribution in [1.29, 1.82) is 0 Å². The Kier molecular flexibility index (Phi) is 3.11. The van der Waals surface area contributed by atoms with Crippen LogP contribution in [-0.2, 0) is 6.18 Å². The van der Waals surface area contributed by atoms with Crippen LogP contribution in [-0.4, -0.2) is 12.1 Å². The van der Waals surface area contributed by atoms with Crippen molar-refractivity contribution >= 4 is 12.1 Å². The third-order valence-corrected chi connectivity index (χ3v) is 1.97. The third kappa shape index (κ3) is 2.10. The monoisotopic (exact) mass is 234 g/mol. The fourth-order valence-corrected chi connectivity index (χ4v) is 1.32. The normalized spacial score (nSPS) is 11.3. The summed E-state index contributed by atoms with van der Waals surface area (Å²) >= 11 is 0. The van der Waals surface area contributed by atoms with Crippen LogP contribution in [0.5, 0.6) is 0 Å². The minimum Gasteiger partial charge on any atom is -0.298 e. The van der Waals surface area contributed by atoms with Crippen LogP contribution in [0.3, 0.4) is 0 Å². The maximum atomic E-state index is 13.0. The van der Waals surface area contributed by atoms with E-state index >= 15 is 0 Å². The second kappa shape index (κ2) is 4.03. The fraction of sp³-hybridized carbons (Fsp3) is 0.200. The molecule has 0 bridgehead atoms. The number of aldehydes is 1. The molecule has 0 N–H and O–H groups in total. The van der Waals surface area contributed by atoms with Crippen molar-refractivity contribution in [2.24, 2.45) is 0 Å². The smallest absolute Gasteiger partial charge is 0.298 e. The van der Waals surface area contributed by atoms with Crippen LogP contribution in [0.4, 0.5) is 17.6 Å². The summed E-state index contributed by atoms with van der Waals surface area (Å²) in [5.74, 6) is -2.15. The Morgan fingerprint density at radius 2 is 1.88 bits per heavy atom. The number of halogens is 4. The van der Waals surface area contributed by atoms with Gasteiger partial charge in [0.1, 0.15) is 5.82 Å². The summed E-state index contributed by atoms with van der Waals surface area (Å²) in [6.07, 6.45) is -4.90. The number of rotatable bonds is 2. The summed E-state index contributed by atoms with van der Waals surface area (Å²) in [6.45, 7) is 0.844. The van der Waals surface area contributed by atoms with E-state index in [-0.39, 0.29) is 6.29 Å². The highest BCUT2D eigenvalue weighted by Crippen LogP contribution is 2.34. The molecule has 16 heavy (non-hydrogen) atoms. The third-order valence-electron chi connectivity index (χ3n) is 1.97. The largest absolute Gasteiger partial charge is 0.417 e. The Balaban J connectivity index is 3.65. The van der Waals surface area contributed by atoms with Crippen LogP contribution in [0.25, 0.3) is 0 Å². The highest BCUT2D eigenvalue weighted by atomic mass is 19.4. The molecule has 0 aromatic heterocycles. The molecule has 0 aliphatic rings. The summed E-state index contributed by atoms with van der Waals surface area (Å²) in [6, 6.07) is 0.956. The molecule has 1 aromatic rings. The van der Waals surface area contributed by atoms with Gasteiger partial charge in [0.2, 0.25) is 0 Å². The van der Waals surface area contributed by atoms with Gasteiger partial charge in [0, 0.05) is 5.56 Å². The lowest BCUT2D eigenvalue weighted by Crippen LogP contribution is -2.15. The van der Waals surface area contributed by atoms with Crippen LogP contribution in [0.2, 0.25) is 0 Å². The van der Waals surface area contributed by atoms with Gasteiger partial charge in [-0.05, 0) is 19.1 Å². The molecule has 0 aliphatic heterocycles. The van der Waals surface area contributed by atoms with Crippen LogP contribution in [0, 0.1) is 5.82 Å². The van der Waals surface area contributed by atoms with Gasteiger partial charge in [0.25, 0.3) is 0 Å². The van der Waals surface area contributed by atoms with Gasteiger partial charge in [-0.3, -0.25) is 9.59 Å². The highest BCUT2D eigenvalue weighted by Gasteiger charge is 2.36. The summed E-state index contributed by atoms with van der Waals surface area (Å²) in [5, 5.41) is 0. The minimum absolute atomic E-state index is 0.0959. The number of Topliss-reactive ketones (excluding diaryl/α,β-unsaturated/α-hetero) is 1. The Bertz CT molecular complexity index is 449. The quantitative estimate of drug-likeness (QED) is 0.448. The molecular weight excluding hydrogens is 228 g/mol. The average molecular weight is 234 g/mol. The molecule has 1 rings (SSSR count). The Morgan fingerprint density at radius 1 is 1.31 bits per heavy atom. The van der Waals surface area contributed by atoms with Crippen LogP contribution in [0.1, 0.15) is 33.2 Å². The first-order valence-electron chi connectivity index (χ1n) is 4.15. The van der Waals surface area contributed by atoms with Gasteiger partial charge in [-0.25, -0.2) is 4.39 Å². The van der Waals surface area contributed by atoms with Crippen LogP contribution >= 0.6 is 0 Å². The summed E-state index contributed by atoms with van der Waals surface area (Å²) < 4.78 is 50.4. The van der Waals surface area contributed by atoms with E-state index in [0.29, 0.717) is 12.1 Å². The predicted molar refractivity (Wildman–Crippen MR) is 46.8 cm³/mol. The zero-order valence-electron chi connectivity index (χ0n) is 8.06. The van der Waals surface area contributed by atoms with E-state index in [1.165, 1.54) is 0 Å². The highest BCUT2D eigenvalue weighted by molar-refractivity contribution is 6.03. The van der Waals surface area contributed by atoms with E-state index in [4.69, 9.17) is 0 Å². The number of carbonyl (C=O) groups excluding carboxylic acids is 2. The first kappa shape index (κ1) is 12.4. The maximum Gasteiger partial charge on any atom is 0.417 e. The average Bonchev–Trinajstić information content (AvgIpc) is 2.14. The number of hydrogen-bond donors (Lipinski definition) is 0. The second-order valence-electron chi connectivity index (χ2n) is 3.06. The SMILES string of the molecule is CC(=O)c1c(C(F)(F)F)ccc(F)c1C=O. The molecule has 86 valence electrons. The lowest BCUT2D eigenvalue weighted by Gasteiger charge is -2.12. The molecule has 0 spiro atoms. The number of alkyl halides is 3. The van der Waals surface area contributed by atoms with Crippen molar-refractivity contribution in [3.63, 3.8) is 0 Å². The molecule has 0 atom stereocenters. The first-order valence-corrected chi connectivity index (χ1v) is 4.15. The summed E-state index contributed by atoms with van der Waals surface area (Å²) in [7, 11) is 0. The zero-order valence-corrected chi connectivity index (χ0v) is 8.06. The lowest BCUT2D eigenvalue weighted by molar-refractivity contribution is -0.137. The molecule has 0 radical (unpaired) electrons. The van der Waals surface area contributed by atoms with Crippen LogP contribution < -0.4 is 0 Å². The molecule has 0 saturated carbocycles. The molecule has 1 aromatic carbocycles. The predicted octanol–water partition coefficient (Wildman–Crippen LogP) is 2.86. The van der Waals surface area contributed by atoms with Crippen molar-refractivity contribution in [3.8, 4) is 0 Å². The molecule has 6 heteroatoms. The number of benzene rings is 1. The standard InChI is InChI=1S/C10H6F4O2/c1-5(16)9-6(4-15)8(11)3-2-7(9)10(12,13)14/h2-4H,1H3. The van der Waals surface area contributed by atoms with E-state index in [9.17, 15) is 27.2 Å². The van der Waals surface area contributed by atoms with E-state index < -0.39 is 34.5 Å². The van der Waals surface area contributed by atoms with Crippen molar-refractivity contribution in [2.75, 3.05) is 0 Å². The molecule has 0 fully saturated rings. The van der Waals surface area contributed by atoms with Gasteiger partial charge in [-0.2, -0.15) is 13.2 Å². The molecular formula is C10H6F4O2. The van der Waals surface area contributed by atoms with Gasteiger partial charge in [0.05, 0.1) is 11.1 Å². The first-order chi connectivity index (χ1) is 7.29. The van der Waals surface area contributed by atoms with Crippen molar-refractivity contribution in [1.82, 2.24) is 0 Å². The van der Waals surface area contributed by atoms with Gasteiger partial charge in [-0.15, -0.1) is 0 Å². The topological polar surface area (TPSA) is 34.1 Å². The van der Waals surface area contributed by atoms with Crippen molar-refractivity contribution in [2.45, 2.75) is 13.1 Å². The lowest BCUT2D eigenvalue weighted by atomic mass is 9.98. The van der Waals surface area contributed by atoms with E-state index in [1.807, 2.05) is 0 Å². The van der Waals surface area contributed by atoms with Gasteiger partial charge in [0.15, 0.2) is 12.1 Å². The molecule has 2 nitrogen and oxygen atoms in total. The maximum absolute atomic E-state index is 13.0. The Labute approximate surface area is 87.9 Å². The molecule has 0 unspecified atom stereocenters. The zero-order chi connectivity index (χ0) is 12.5. The summed E-state index contributed by atoms with van der Waals surface area (Å²) in [4.78, 5) is 21.5. The number of hydrogen-bond acceptors (Lipinski definition) is 2. The molecule has 0 aliphatic carbocycles. The number of carbonyl (C=O) groups is 2. The molecule has 0 heterocycles. The second-order valence-corrected chi connectivity index (χ2v) is 3.06. The molecule has 0 amide bonds. The van der Waals surface area contributed by atoms with Gasteiger partial charge in [-0.1, -0.05) is 0 Å². The summed E-state index contributed by atoms with van der Waals surface area (Å²) in [5.41, 5.74) is -3.09. The van der Waals surface area contributed by atoms with Crippen molar-refractivity contribution < 1.29 is 27.2 Å². The Morgan fingerprint density at radius 3 is 2.25 bits per heavy atom. The fourth-order valence-electron chi connectivity index (χ4n) is 1.32. The Hall–Kier alpha value is -1.72. The van der Waals surface area contributed by atoms with E-state index in [0.717, 1.165) is 6.92 Å². The van der Waals surface area contributed by atoms with E-state index in [2.05, 4.69) is 0 Å². The van der Waals surface area contributed by atoms with Crippen molar-refractivity contribution in [3.05, 3.63) is 34.6 Å².